The second kappa shape index (κ2) is 75.9. The maximum absolute atomic E-state index is 9.44. The summed E-state index contributed by atoms with van der Waals surface area (Å²) in [4.78, 5) is 18.9. The number of carbonyl (C=O) groups is 2. The number of ketones is 2. The van der Waals surface area contributed by atoms with E-state index in [-0.39, 0.29) is 34.8 Å². The van der Waals surface area contributed by atoms with Crippen LogP contribution >= 0.6 is 0 Å². The van der Waals surface area contributed by atoms with Gasteiger partial charge in [0.05, 0.1) is 0 Å². The van der Waals surface area contributed by atoms with Crippen LogP contribution in [0.25, 0.3) is 0 Å². The first kappa shape index (κ1) is 54.5. The minimum absolute atomic E-state index is 0. The van der Waals surface area contributed by atoms with Crippen LogP contribution in [0.3, 0.4) is 0 Å². The van der Waals surface area contributed by atoms with Gasteiger partial charge in [0.15, 0.2) is 0 Å². The lowest BCUT2D eigenvalue weighted by atomic mass is 10.6. The van der Waals surface area contributed by atoms with Gasteiger partial charge >= 0.3 is 0 Å². The average Bonchev–Trinajstić information content (AvgIpc) is 1.85. The summed E-state index contributed by atoms with van der Waals surface area (Å²) in [6.45, 7) is 16.6. The van der Waals surface area contributed by atoms with Gasteiger partial charge in [0.2, 0.25) is 0 Å². The highest BCUT2D eigenvalue weighted by Gasteiger charge is 1.62. The van der Waals surface area contributed by atoms with E-state index < -0.39 is 0 Å². The van der Waals surface area contributed by atoms with E-state index in [4.69, 9.17) is 0 Å². The molecule has 0 fully saturated rings. The molecular formula is C12H34N2O4. The van der Waals surface area contributed by atoms with Crippen LogP contribution in [0.15, 0.2) is 25.3 Å². The fourth-order valence-electron chi connectivity index (χ4n) is 0. The number of hydrogen-bond acceptors (Lipinski definition) is 4. The number of rotatable bonds is 0. The minimum atomic E-state index is 0. The topological polar surface area (TPSA) is 167 Å². The minimum Gasteiger partial charge on any atom is -0.412 e. The van der Waals surface area contributed by atoms with Crippen molar-refractivity contribution in [2.75, 3.05) is 0 Å². The Balaban J connectivity index is -0.0000000116. The third kappa shape index (κ3) is 1520. The first-order valence-corrected chi connectivity index (χ1v) is 4.38. The molecule has 0 aliphatic carbocycles. The van der Waals surface area contributed by atoms with Crippen molar-refractivity contribution in [3.63, 3.8) is 0 Å². The molecule has 0 bridgehead atoms. The van der Waals surface area contributed by atoms with Crippen molar-refractivity contribution >= 4 is 11.6 Å². The predicted molar refractivity (Wildman–Crippen MR) is 81.7 cm³/mol. The maximum atomic E-state index is 9.44. The van der Waals surface area contributed by atoms with Crippen LogP contribution in [0.5, 0.6) is 0 Å². The van der Waals surface area contributed by atoms with Gasteiger partial charge in [-0.1, -0.05) is 12.2 Å². The van der Waals surface area contributed by atoms with Crippen LogP contribution in [-0.4, -0.2) is 22.5 Å². The summed E-state index contributed by atoms with van der Waals surface area (Å²) in [5.74, 6) is 0.333. The molecule has 0 spiro atoms. The molecule has 0 aliphatic heterocycles. The molecular weight excluding hydrogens is 236 g/mol. The Bertz CT molecular complexity index is 134. The van der Waals surface area contributed by atoms with Crippen molar-refractivity contribution in [2.45, 2.75) is 41.5 Å². The average molecular weight is 270 g/mol. The van der Waals surface area contributed by atoms with Crippen LogP contribution in [0.4, 0.5) is 0 Å². The molecule has 0 atom stereocenters. The van der Waals surface area contributed by atoms with Crippen molar-refractivity contribution in [1.29, 1.82) is 0 Å². The summed E-state index contributed by atoms with van der Waals surface area (Å²) < 4.78 is 0. The second-order valence-electron chi connectivity index (χ2n) is 2.63. The molecule has 0 saturated carbocycles. The first-order chi connectivity index (χ1) is 6.29. The lowest BCUT2D eigenvalue weighted by molar-refractivity contribution is -0.115. The maximum Gasteiger partial charge on any atom is 0.126 e. The molecule has 0 rings (SSSR count). The number of Topliss-reactive ketones (excluding diaryl/α,β-unsaturated/α-hetero) is 2. The van der Waals surface area contributed by atoms with Crippen molar-refractivity contribution in [2.24, 2.45) is 0 Å². The zero-order chi connectivity index (χ0) is 12.6. The quantitative estimate of drug-likeness (QED) is 0.644. The van der Waals surface area contributed by atoms with E-state index in [0.29, 0.717) is 0 Å². The molecule has 0 saturated heterocycles. The van der Waals surface area contributed by atoms with Crippen molar-refractivity contribution in [3.8, 4) is 0 Å². The van der Waals surface area contributed by atoms with Crippen LogP contribution < -0.4 is 12.3 Å². The van der Waals surface area contributed by atoms with E-state index in [2.05, 4.69) is 13.2 Å². The molecule has 6 heteroatoms. The first-order valence-electron chi connectivity index (χ1n) is 4.38. The zero-order valence-electron chi connectivity index (χ0n) is 12.8. The van der Waals surface area contributed by atoms with Crippen LogP contribution in [0.2, 0.25) is 0 Å². The Morgan fingerprint density at radius 3 is 0.722 bits per heavy atom. The fraction of sp³-hybridized carbons (Fsp3) is 0.500. The third-order valence-corrected chi connectivity index (χ3v) is 0. The van der Waals surface area contributed by atoms with Gasteiger partial charge in [-0.25, -0.2) is 0 Å². The van der Waals surface area contributed by atoms with Gasteiger partial charge in [-0.3, -0.25) is 0 Å². The van der Waals surface area contributed by atoms with E-state index in [1.54, 1.807) is 12.2 Å². The van der Waals surface area contributed by atoms with Crippen LogP contribution in [-0.2, 0) is 9.59 Å². The molecule has 0 aromatic heterocycles. The summed E-state index contributed by atoms with van der Waals surface area (Å²) in [6, 6.07) is 0. The van der Waals surface area contributed by atoms with Crippen LogP contribution in [0, 0.1) is 0 Å². The van der Waals surface area contributed by atoms with E-state index >= 15 is 0 Å². The van der Waals surface area contributed by atoms with Gasteiger partial charge in [-0.2, -0.15) is 0 Å². The Morgan fingerprint density at radius 1 is 0.722 bits per heavy atom. The molecule has 0 aliphatic rings. The number of hydrogen-bond donors (Lipinski definition) is 2. The summed E-state index contributed by atoms with van der Waals surface area (Å²) in [5.41, 5.74) is 0. The molecule has 6 nitrogen and oxygen atoms in total. The zero-order valence-corrected chi connectivity index (χ0v) is 12.8. The van der Waals surface area contributed by atoms with E-state index in [1.807, 2.05) is 13.8 Å². The standard InChI is InChI=1S/2C3H6O.2C3H6.2H3N.2H2O/c2*1-3(2)4;2*1-3-2;;;;/h2*1-2H3;2*3H,1H2,2H3;2*1H3;2*1H2. The van der Waals surface area contributed by atoms with Gasteiger partial charge in [-0.15, -0.1) is 13.2 Å². The highest BCUT2D eigenvalue weighted by Crippen LogP contribution is 1.50. The van der Waals surface area contributed by atoms with Crippen LogP contribution in [0.1, 0.15) is 41.5 Å². The molecule has 116 valence electrons. The second-order valence-corrected chi connectivity index (χ2v) is 2.63. The Morgan fingerprint density at radius 2 is 0.722 bits per heavy atom. The molecule has 0 aromatic carbocycles. The van der Waals surface area contributed by atoms with Crippen molar-refractivity contribution < 1.29 is 20.5 Å². The molecule has 0 heterocycles. The molecule has 0 amide bonds. The lowest BCUT2D eigenvalue weighted by Crippen LogP contribution is -1.69. The summed E-state index contributed by atoms with van der Waals surface area (Å²) in [6.07, 6.45) is 3.50. The van der Waals surface area contributed by atoms with Gasteiger partial charge in [0.1, 0.15) is 11.6 Å². The highest BCUT2D eigenvalue weighted by molar-refractivity contribution is 5.72. The normalized spacial score (nSPS) is 4.33. The molecule has 0 unspecified atom stereocenters. The Labute approximate surface area is 112 Å². The SMILES string of the molecule is C=CC.C=CC.CC(C)=O.CC(C)=O.N.N.O.O. The number of allylic oxidation sites excluding steroid dienone is 2. The van der Waals surface area contributed by atoms with Gasteiger partial charge in [0.25, 0.3) is 0 Å². The molecule has 10 N–H and O–H groups in total. The summed E-state index contributed by atoms with van der Waals surface area (Å²) in [5, 5.41) is 0. The van der Waals surface area contributed by atoms with Gasteiger partial charge in [-0.05, 0) is 41.5 Å². The largest absolute Gasteiger partial charge is 0.412 e. The van der Waals surface area contributed by atoms with E-state index in [1.165, 1.54) is 27.7 Å². The van der Waals surface area contributed by atoms with Gasteiger partial charge < -0.3 is 32.8 Å². The fourth-order valence-corrected chi connectivity index (χ4v) is 0. The summed E-state index contributed by atoms with van der Waals surface area (Å²) in [7, 11) is 0. The number of carbonyl (C=O) groups excluding carboxylic acids is 2. The van der Waals surface area contributed by atoms with E-state index in [9.17, 15) is 9.59 Å². The van der Waals surface area contributed by atoms with Gasteiger partial charge in [0, 0.05) is 0 Å². The van der Waals surface area contributed by atoms with E-state index in [0.717, 1.165) is 0 Å². The van der Waals surface area contributed by atoms with Crippen molar-refractivity contribution in [3.05, 3.63) is 25.3 Å². The lowest BCUT2D eigenvalue weighted by Gasteiger charge is -1.56. The smallest absolute Gasteiger partial charge is 0.126 e. The third-order valence-electron chi connectivity index (χ3n) is 0. The molecule has 0 aromatic rings. The predicted octanol–water partition coefficient (Wildman–Crippen LogP) is 2.25. The van der Waals surface area contributed by atoms with Crippen molar-refractivity contribution in [1.82, 2.24) is 12.3 Å². The monoisotopic (exact) mass is 270 g/mol. The molecule has 0 radical (unpaired) electrons. The Kier molecular flexibility index (Phi) is 230. The summed E-state index contributed by atoms with van der Waals surface area (Å²) >= 11 is 0. The Hall–Kier alpha value is -1.34. The molecule has 18 heavy (non-hydrogen) atoms. The highest BCUT2D eigenvalue weighted by atomic mass is 16.1.